The highest BCUT2D eigenvalue weighted by molar-refractivity contribution is 7.87. The number of rotatable bonds is 16. The number of para-hydroxylation sites is 1. The van der Waals surface area contributed by atoms with Gasteiger partial charge >= 0.3 is 15.2 Å². The first-order valence-corrected chi connectivity index (χ1v) is 11.8. The maximum atomic E-state index is 12.3. The van der Waals surface area contributed by atoms with E-state index in [4.69, 9.17) is 14.2 Å². The van der Waals surface area contributed by atoms with E-state index < -0.39 is 21.3 Å². The van der Waals surface area contributed by atoms with Crippen molar-refractivity contribution in [1.82, 2.24) is 0 Å². The molecule has 0 aromatic heterocycles. The fourth-order valence-corrected chi connectivity index (χ4v) is 4.23. The third-order valence-electron chi connectivity index (χ3n) is 4.54. The van der Waals surface area contributed by atoms with Gasteiger partial charge in [-0.2, -0.15) is 8.42 Å². The molecule has 1 rings (SSSR count). The molecule has 0 aliphatic rings. The van der Waals surface area contributed by atoms with E-state index in [1.807, 2.05) is 6.07 Å². The van der Waals surface area contributed by atoms with E-state index in [1.54, 1.807) is 38.1 Å². The van der Waals surface area contributed by atoms with E-state index >= 15 is 0 Å². The number of ether oxygens (including phenoxy) is 3. The van der Waals surface area contributed by atoms with Crippen LogP contribution in [0, 0.1) is 0 Å². The lowest BCUT2D eigenvalue weighted by Crippen LogP contribution is -2.56. The second kappa shape index (κ2) is 13.1. The predicted molar refractivity (Wildman–Crippen MR) is 111 cm³/mol. The standard InChI is InChI=1S/C21H36O6S/c1-4-7-8-9-10-11-15-18-20(27-19-16-13-12-14-17-19)21(25-5-2,26-6-3)28(22,23)24/h12-14,16-17,20H,4-11,15,18H2,1-3H3,(H,22,23,24). The first kappa shape index (κ1) is 24.9. The molecule has 6 nitrogen and oxygen atoms in total. The summed E-state index contributed by atoms with van der Waals surface area (Å²) in [5.41, 5.74) is 0. The highest BCUT2D eigenvalue weighted by Gasteiger charge is 2.54. The lowest BCUT2D eigenvalue weighted by Gasteiger charge is -2.36. The van der Waals surface area contributed by atoms with Gasteiger partial charge in [0.05, 0.1) is 0 Å². The molecule has 0 amide bonds. The van der Waals surface area contributed by atoms with E-state index in [0.717, 1.165) is 19.3 Å². The average Bonchev–Trinajstić information content (AvgIpc) is 2.66. The van der Waals surface area contributed by atoms with E-state index in [-0.39, 0.29) is 13.2 Å². The summed E-state index contributed by atoms with van der Waals surface area (Å²) in [6, 6.07) is 8.93. The minimum absolute atomic E-state index is 0.0610. The van der Waals surface area contributed by atoms with Crippen molar-refractivity contribution in [3.05, 3.63) is 30.3 Å². The molecule has 0 saturated heterocycles. The highest BCUT2D eigenvalue weighted by Crippen LogP contribution is 2.32. The Balaban J connectivity index is 2.95. The van der Waals surface area contributed by atoms with Gasteiger partial charge < -0.3 is 14.2 Å². The van der Waals surface area contributed by atoms with Gasteiger partial charge in [0, 0.05) is 13.2 Å². The van der Waals surface area contributed by atoms with Crippen LogP contribution in [0.25, 0.3) is 0 Å². The molecule has 0 radical (unpaired) electrons. The van der Waals surface area contributed by atoms with Crippen molar-refractivity contribution in [3.8, 4) is 5.75 Å². The Bertz CT molecular complexity index is 611. The maximum Gasteiger partial charge on any atom is 0.338 e. The van der Waals surface area contributed by atoms with E-state index in [2.05, 4.69) is 6.92 Å². The Hall–Kier alpha value is -1.15. The molecule has 0 saturated carbocycles. The third-order valence-corrected chi connectivity index (χ3v) is 5.75. The van der Waals surface area contributed by atoms with Crippen LogP contribution in [0.1, 0.15) is 72.1 Å². The Morgan fingerprint density at radius 3 is 1.93 bits per heavy atom. The normalized spacial score (nSPS) is 13.4. The molecular weight excluding hydrogens is 380 g/mol. The molecule has 28 heavy (non-hydrogen) atoms. The molecule has 1 N–H and O–H groups in total. The van der Waals surface area contributed by atoms with Crippen LogP contribution < -0.4 is 4.74 Å². The first-order chi connectivity index (χ1) is 13.4. The number of hydrogen-bond acceptors (Lipinski definition) is 5. The largest absolute Gasteiger partial charge is 0.483 e. The van der Waals surface area contributed by atoms with Crippen LogP contribution in [0.15, 0.2) is 30.3 Å². The fraction of sp³-hybridized carbons (Fsp3) is 0.714. The zero-order valence-electron chi connectivity index (χ0n) is 17.4. The van der Waals surface area contributed by atoms with Gasteiger partial charge in [-0.3, -0.25) is 4.55 Å². The monoisotopic (exact) mass is 416 g/mol. The van der Waals surface area contributed by atoms with Crippen molar-refractivity contribution >= 4 is 10.1 Å². The molecule has 1 aromatic rings. The Morgan fingerprint density at radius 2 is 1.43 bits per heavy atom. The molecule has 0 aliphatic carbocycles. The van der Waals surface area contributed by atoms with Gasteiger partial charge in [0.2, 0.25) is 0 Å². The Kier molecular flexibility index (Phi) is 11.7. The number of benzene rings is 1. The molecule has 1 aromatic carbocycles. The summed E-state index contributed by atoms with van der Waals surface area (Å²) in [4.78, 5) is 0. The average molecular weight is 417 g/mol. The van der Waals surface area contributed by atoms with Crippen molar-refractivity contribution in [2.24, 2.45) is 0 Å². The quantitative estimate of drug-likeness (QED) is 0.227. The lowest BCUT2D eigenvalue weighted by atomic mass is 10.1. The minimum Gasteiger partial charge on any atom is -0.483 e. The minimum atomic E-state index is -4.69. The summed E-state index contributed by atoms with van der Waals surface area (Å²) in [6.45, 7) is 5.62. The summed E-state index contributed by atoms with van der Waals surface area (Å²) in [5, 5.41) is -2.24. The van der Waals surface area contributed by atoms with Crippen molar-refractivity contribution < 1.29 is 27.2 Å². The summed E-state index contributed by atoms with van der Waals surface area (Å²) < 4.78 is 51.5. The lowest BCUT2D eigenvalue weighted by molar-refractivity contribution is -0.222. The summed E-state index contributed by atoms with van der Waals surface area (Å²) >= 11 is 0. The molecule has 1 unspecified atom stereocenters. The van der Waals surface area contributed by atoms with Crippen molar-refractivity contribution in [2.75, 3.05) is 13.2 Å². The van der Waals surface area contributed by atoms with Crippen LogP contribution >= 0.6 is 0 Å². The van der Waals surface area contributed by atoms with Crippen LogP contribution in [0.2, 0.25) is 0 Å². The van der Waals surface area contributed by atoms with Gasteiger partial charge in [-0.25, -0.2) is 0 Å². The zero-order valence-corrected chi connectivity index (χ0v) is 18.2. The smallest absolute Gasteiger partial charge is 0.338 e. The van der Waals surface area contributed by atoms with Gasteiger partial charge in [0.15, 0.2) is 6.10 Å². The second-order valence-electron chi connectivity index (χ2n) is 6.77. The zero-order chi connectivity index (χ0) is 20.9. The van der Waals surface area contributed by atoms with Crippen LogP contribution in [0.5, 0.6) is 5.75 Å². The van der Waals surface area contributed by atoms with E-state index in [0.29, 0.717) is 12.2 Å². The highest BCUT2D eigenvalue weighted by atomic mass is 32.2. The van der Waals surface area contributed by atoms with Crippen LogP contribution in [0.3, 0.4) is 0 Å². The van der Waals surface area contributed by atoms with Crippen LogP contribution in [0.4, 0.5) is 0 Å². The van der Waals surface area contributed by atoms with Crippen molar-refractivity contribution in [2.45, 2.75) is 83.4 Å². The molecule has 1 atom stereocenters. The maximum absolute atomic E-state index is 12.3. The summed E-state index contributed by atoms with van der Waals surface area (Å²) in [5.74, 6) is 0.503. The number of hydrogen-bond donors (Lipinski definition) is 1. The molecule has 7 heteroatoms. The van der Waals surface area contributed by atoms with E-state index in [9.17, 15) is 13.0 Å². The third kappa shape index (κ3) is 7.70. The SMILES string of the molecule is CCCCCCCCCC(Oc1ccccc1)C(OCC)(OCC)S(=O)(=O)O. The Labute approximate surface area is 170 Å². The van der Waals surface area contributed by atoms with E-state index in [1.165, 1.54) is 25.7 Å². The topological polar surface area (TPSA) is 82.1 Å². The molecule has 162 valence electrons. The second-order valence-corrected chi connectivity index (χ2v) is 8.29. The summed E-state index contributed by atoms with van der Waals surface area (Å²) in [7, 11) is -4.69. The number of unbranched alkanes of at least 4 members (excludes halogenated alkanes) is 6. The summed E-state index contributed by atoms with van der Waals surface area (Å²) in [6.07, 6.45) is 7.01. The molecule has 0 heterocycles. The molecule has 0 bridgehead atoms. The van der Waals surface area contributed by atoms with Crippen molar-refractivity contribution in [3.63, 3.8) is 0 Å². The Morgan fingerprint density at radius 1 is 0.893 bits per heavy atom. The molecule has 0 aliphatic heterocycles. The molecule has 0 spiro atoms. The van der Waals surface area contributed by atoms with Gasteiger partial charge in [0.25, 0.3) is 0 Å². The van der Waals surface area contributed by atoms with Gasteiger partial charge in [-0.05, 0) is 38.8 Å². The first-order valence-electron chi connectivity index (χ1n) is 10.4. The van der Waals surface area contributed by atoms with Crippen molar-refractivity contribution in [1.29, 1.82) is 0 Å². The molecule has 0 fully saturated rings. The predicted octanol–water partition coefficient (Wildman–Crippen LogP) is 5.19. The fourth-order valence-electron chi connectivity index (χ4n) is 3.20. The van der Waals surface area contributed by atoms with Crippen LogP contribution in [-0.4, -0.2) is 37.4 Å². The van der Waals surface area contributed by atoms with Gasteiger partial charge in [-0.15, -0.1) is 0 Å². The van der Waals surface area contributed by atoms with Gasteiger partial charge in [-0.1, -0.05) is 63.6 Å². The van der Waals surface area contributed by atoms with Crippen LogP contribution in [-0.2, 0) is 19.6 Å². The van der Waals surface area contributed by atoms with Gasteiger partial charge in [0.1, 0.15) is 5.75 Å². The molecular formula is C21H36O6S.